The van der Waals surface area contributed by atoms with Crippen molar-refractivity contribution in [3.63, 3.8) is 0 Å². The van der Waals surface area contributed by atoms with E-state index in [1.807, 2.05) is 37.3 Å². The number of ether oxygens (including phenoxy) is 1. The quantitative estimate of drug-likeness (QED) is 0.463. The van der Waals surface area contributed by atoms with E-state index in [1.165, 1.54) is 6.08 Å². The number of fused-ring (bicyclic) bond motifs is 1. The van der Waals surface area contributed by atoms with E-state index in [0.717, 1.165) is 17.3 Å². The third kappa shape index (κ3) is 4.72. The van der Waals surface area contributed by atoms with Gasteiger partial charge in [0.05, 0.1) is 12.1 Å². The molecule has 1 aromatic carbocycles. The summed E-state index contributed by atoms with van der Waals surface area (Å²) in [4.78, 5) is 31.1. The number of para-hydroxylation sites is 1. The first-order valence-corrected chi connectivity index (χ1v) is 8.61. The van der Waals surface area contributed by atoms with Gasteiger partial charge in [-0.15, -0.1) is 0 Å². The van der Waals surface area contributed by atoms with E-state index >= 15 is 0 Å². The Morgan fingerprint density at radius 3 is 2.81 bits per heavy atom. The molecule has 3 rings (SSSR count). The normalized spacial score (nSPS) is 10.9. The van der Waals surface area contributed by atoms with Gasteiger partial charge in [-0.2, -0.15) is 0 Å². The Morgan fingerprint density at radius 2 is 2.04 bits per heavy atom. The number of aromatic nitrogens is 2. The Kier molecular flexibility index (Phi) is 5.84. The second-order valence-electron chi connectivity index (χ2n) is 5.78. The van der Waals surface area contributed by atoms with Crippen molar-refractivity contribution >= 4 is 28.8 Å². The minimum absolute atomic E-state index is 0.355. The number of pyridine rings is 1. The molecular formula is C20H20N4O3. The first-order valence-electron chi connectivity index (χ1n) is 8.61. The van der Waals surface area contributed by atoms with E-state index in [2.05, 4.69) is 20.8 Å². The molecule has 0 unspecified atom stereocenters. The van der Waals surface area contributed by atoms with Crippen LogP contribution in [-0.2, 0) is 4.79 Å². The van der Waals surface area contributed by atoms with Crippen LogP contribution in [0.5, 0.6) is 5.88 Å². The van der Waals surface area contributed by atoms with E-state index in [1.54, 1.807) is 24.4 Å². The number of benzene rings is 1. The van der Waals surface area contributed by atoms with E-state index in [0.29, 0.717) is 23.7 Å². The highest BCUT2D eigenvalue weighted by molar-refractivity contribution is 5.97. The highest BCUT2D eigenvalue weighted by atomic mass is 16.5. The fourth-order valence-electron chi connectivity index (χ4n) is 2.41. The number of hydrogen-bond acceptors (Lipinski definition) is 4. The molecule has 0 aliphatic heterocycles. The molecule has 0 saturated carbocycles. The van der Waals surface area contributed by atoms with Crippen LogP contribution in [0.3, 0.4) is 0 Å². The molecular weight excluding hydrogens is 344 g/mol. The van der Waals surface area contributed by atoms with Crippen LogP contribution in [0.15, 0.2) is 54.7 Å². The van der Waals surface area contributed by atoms with E-state index in [9.17, 15) is 9.59 Å². The lowest BCUT2D eigenvalue weighted by Crippen LogP contribution is -2.40. The number of hydrazine groups is 1. The molecule has 0 spiro atoms. The summed E-state index contributed by atoms with van der Waals surface area (Å²) in [6.07, 6.45) is 5.41. The van der Waals surface area contributed by atoms with E-state index in [4.69, 9.17) is 4.74 Å². The summed E-state index contributed by atoms with van der Waals surface area (Å²) in [6, 6.07) is 12.9. The zero-order chi connectivity index (χ0) is 19.1. The lowest BCUT2D eigenvalue weighted by atomic mass is 10.1. The number of carbonyl (C=O) groups is 2. The van der Waals surface area contributed by atoms with Gasteiger partial charge in [-0.05, 0) is 36.8 Å². The van der Waals surface area contributed by atoms with Gasteiger partial charge in [0.1, 0.15) is 5.69 Å². The molecule has 7 heteroatoms. The van der Waals surface area contributed by atoms with Crippen molar-refractivity contribution in [3.8, 4) is 5.88 Å². The Balaban J connectivity index is 1.71. The summed E-state index contributed by atoms with van der Waals surface area (Å²) in [5.41, 5.74) is 6.53. The van der Waals surface area contributed by atoms with Gasteiger partial charge < -0.3 is 9.72 Å². The van der Waals surface area contributed by atoms with Crippen LogP contribution in [0.25, 0.3) is 17.0 Å². The van der Waals surface area contributed by atoms with Crippen LogP contribution in [-0.4, -0.2) is 28.4 Å². The lowest BCUT2D eigenvalue weighted by Gasteiger charge is -2.09. The SMILES string of the molecule is CCCOc1nc2ccccc2cc1/C=C/C(=O)NNC(=O)c1ccc[nH]1. The molecule has 0 saturated heterocycles. The predicted molar refractivity (Wildman–Crippen MR) is 103 cm³/mol. The van der Waals surface area contributed by atoms with Gasteiger partial charge in [0.25, 0.3) is 11.8 Å². The molecule has 0 aliphatic rings. The molecule has 7 nitrogen and oxygen atoms in total. The monoisotopic (exact) mass is 364 g/mol. The average Bonchev–Trinajstić information content (AvgIpc) is 3.23. The van der Waals surface area contributed by atoms with Crippen molar-refractivity contribution in [3.05, 3.63) is 66.0 Å². The molecule has 138 valence electrons. The predicted octanol–water partition coefficient (Wildman–Crippen LogP) is 2.83. The lowest BCUT2D eigenvalue weighted by molar-refractivity contribution is -0.117. The summed E-state index contributed by atoms with van der Waals surface area (Å²) in [6.45, 7) is 2.54. The summed E-state index contributed by atoms with van der Waals surface area (Å²) >= 11 is 0. The maximum Gasteiger partial charge on any atom is 0.286 e. The number of aromatic amines is 1. The number of carbonyl (C=O) groups excluding carboxylic acids is 2. The van der Waals surface area contributed by atoms with Crippen LogP contribution >= 0.6 is 0 Å². The Morgan fingerprint density at radius 1 is 1.19 bits per heavy atom. The minimum Gasteiger partial charge on any atom is -0.477 e. The second kappa shape index (κ2) is 8.66. The van der Waals surface area contributed by atoms with Gasteiger partial charge in [0, 0.05) is 23.2 Å². The maximum atomic E-state index is 12.0. The third-order valence-electron chi connectivity index (χ3n) is 3.72. The molecule has 2 heterocycles. The van der Waals surface area contributed by atoms with Crippen molar-refractivity contribution in [2.24, 2.45) is 0 Å². The van der Waals surface area contributed by atoms with Crippen LogP contribution in [0.2, 0.25) is 0 Å². The molecule has 3 N–H and O–H groups in total. The van der Waals surface area contributed by atoms with Crippen LogP contribution in [0, 0.1) is 0 Å². The molecule has 3 aromatic rings. The highest BCUT2D eigenvalue weighted by Gasteiger charge is 2.08. The van der Waals surface area contributed by atoms with Crippen molar-refractivity contribution in [1.29, 1.82) is 0 Å². The second-order valence-corrected chi connectivity index (χ2v) is 5.78. The van der Waals surface area contributed by atoms with E-state index in [-0.39, 0.29) is 0 Å². The zero-order valence-corrected chi connectivity index (χ0v) is 14.9. The molecule has 27 heavy (non-hydrogen) atoms. The Bertz CT molecular complexity index is 965. The van der Waals surface area contributed by atoms with Gasteiger partial charge in [-0.1, -0.05) is 25.1 Å². The van der Waals surface area contributed by atoms with E-state index < -0.39 is 11.8 Å². The van der Waals surface area contributed by atoms with Gasteiger partial charge in [-0.3, -0.25) is 20.4 Å². The number of nitrogens with zero attached hydrogens (tertiary/aromatic N) is 1. The summed E-state index contributed by atoms with van der Waals surface area (Å²) in [5, 5.41) is 0.946. The van der Waals surface area contributed by atoms with Crippen LogP contribution < -0.4 is 15.6 Å². The molecule has 2 amide bonds. The van der Waals surface area contributed by atoms with Crippen LogP contribution in [0.4, 0.5) is 0 Å². The van der Waals surface area contributed by atoms with Crippen molar-refractivity contribution in [1.82, 2.24) is 20.8 Å². The van der Waals surface area contributed by atoms with Gasteiger partial charge in [0.15, 0.2) is 0 Å². The Labute approximate surface area is 156 Å². The fraction of sp³-hybridized carbons (Fsp3) is 0.150. The molecule has 2 aromatic heterocycles. The number of nitrogens with one attached hydrogen (secondary N) is 3. The smallest absolute Gasteiger partial charge is 0.286 e. The van der Waals surface area contributed by atoms with Crippen molar-refractivity contribution in [2.45, 2.75) is 13.3 Å². The molecule has 0 radical (unpaired) electrons. The van der Waals surface area contributed by atoms with Crippen molar-refractivity contribution in [2.75, 3.05) is 6.61 Å². The zero-order valence-electron chi connectivity index (χ0n) is 14.9. The summed E-state index contributed by atoms with van der Waals surface area (Å²) in [5.74, 6) is -0.430. The largest absolute Gasteiger partial charge is 0.477 e. The molecule has 0 bridgehead atoms. The molecule has 0 fully saturated rings. The highest BCUT2D eigenvalue weighted by Crippen LogP contribution is 2.23. The van der Waals surface area contributed by atoms with Gasteiger partial charge >= 0.3 is 0 Å². The molecule has 0 aliphatic carbocycles. The summed E-state index contributed by atoms with van der Waals surface area (Å²) < 4.78 is 5.71. The third-order valence-corrected chi connectivity index (χ3v) is 3.72. The average molecular weight is 364 g/mol. The maximum absolute atomic E-state index is 12.0. The Hall–Kier alpha value is -3.61. The van der Waals surface area contributed by atoms with Gasteiger partial charge in [-0.25, -0.2) is 4.98 Å². The van der Waals surface area contributed by atoms with Crippen molar-refractivity contribution < 1.29 is 14.3 Å². The number of amides is 2. The fourth-order valence-corrected chi connectivity index (χ4v) is 2.41. The number of H-pyrrole nitrogens is 1. The molecule has 0 atom stereocenters. The van der Waals surface area contributed by atoms with Crippen LogP contribution in [0.1, 0.15) is 29.4 Å². The minimum atomic E-state index is -0.468. The standard InChI is InChI=1S/C20H20N4O3/c1-2-12-27-20-15(13-14-6-3-4-7-16(14)22-20)9-10-18(25)23-24-19(26)17-8-5-11-21-17/h3-11,13,21H,2,12H2,1H3,(H,23,25)(H,24,26)/b10-9+. The first kappa shape index (κ1) is 18.2. The summed E-state index contributed by atoms with van der Waals surface area (Å²) in [7, 11) is 0. The number of rotatable bonds is 6. The van der Waals surface area contributed by atoms with Gasteiger partial charge in [0.2, 0.25) is 5.88 Å². The topological polar surface area (TPSA) is 96.1 Å². The number of hydrogen-bond donors (Lipinski definition) is 3. The first-order chi connectivity index (χ1) is 13.2.